The third-order valence-electron chi connectivity index (χ3n) is 2.54. The van der Waals surface area contributed by atoms with Crippen LogP contribution in [0.3, 0.4) is 0 Å². The lowest BCUT2D eigenvalue weighted by Gasteiger charge is -2.07. The first-order chi connectivity index (χ1) is 6.27. The predicted octanol–water partition coefficient (Wildman–Crippen LogP) is 1.50. The van der Waals surface area contributed by atoms with E-state index in [0.717, 1.165) is 18.9 Å². The lowest BCUT2D eigenvalue weighted by atomic mass is 10.1. The van der Waals surface area contributed by atoms with Gasteiger partial charge in [0.2, 0.25) is 0 Å². The van der Waals surface area contributed by atoms with Crippen LogP contribution in [0.5, 0.6) is 0 Å². The van der Waals surface area contributed by atoms with E-state index in [1.807, 2.05) is 12.5 Å². The second-order valence-electron chi connectivity index (χ2n) is 4.04. The van der Waals surface area contributed by atoms with E-state index in [-0.39, 0.29) is 0 Å². The Labute approximate surface area is 79.0 Å². The van der Waals surface area contributed by atoms with Crippen molar-refractivity contribution in [2.75, 3.05) is 0 Å². The van der Waals surface area contributed by atoms with Gasteiger partial charge in [-0.3, -0.25) is 0 Å². The van der Waals surface area contributed by atoms with Crippen molar-refractivity contribution in [3.8, 4) is 0 Å². The fourth-order valence-corrected chi connectivity index (χ4v) is 1.58. The zero-order chi connectivity index (χ0) is 9.26. The van der Waals surface area contributed by atoms with Crippen molar-refractivity contribution in [3.63, 3.8) is 0 Å². The normalized spacial score (nSPS) is 18.9. The number of rotatable bonds is 4. The first-order valence-corrected chi connectivity index (χ1v) is 5.03. The molecule has 0 saturated heterocycles. The summed E-state index contributed by atoms with van der Waals surface area (Å²) < 4.78 is 2.31. The van der Waals surface area contributed by atoms with E-state index in [1.54, 1.807) is 0 Å². The summed E-state index contributed by atoms with van der Waals surface area (Å²) in [5.74, 6) is 0. The van der Waals surface area contributed by atoms with Crippen LogP contribution in [0.15, 0.2) is 12.5 Å². The van der Waals surface area contributed by atoms with Crippen LogP contribution in [0.1, 0.15) is 37.9 Å². The highest BCUT2D eigenvalue weighted by molar-refractivity contribution is 5.03. The first kappa shape index (κ1) is 8.75. The average molecular weight is 179 g/mol. The molecule has 72 valence electrons. The van der Waals surface area contributed by atoms with Crippen LogP contribution < -0.4 is 5.73 Å². The lowest BCUT2D eigenvalue weighted by Crippen LogP contribution is -2.16. The molecule has 1 aromatic heterocycles. The van der Waals surface area contributed by atoms with Crippen molar-refractivity contribution in [3.05, 3.63) is 18.2 Å². The van der Waals surface area contributed by atoms with Crippen molar-refractivity contribution >= 4 is 0 Å². The summed E-state index contributed by atoms with van der Waals surface area (Å²) in [5.41, 5.74) is 7.07. The van der Waals surface area contributed by atoms with E-state index < -0.39 is 0 Å². The van der Waals surface area contributed by atoms with Gasteiger partial charge in [-0.15, -0.1) is 0 Å². The molecule has 3 heteroatoms. The molecule has 3 nitrogen and oxygen atoms in total. The van der Waals surface area contributed by atoms with Crippen molar-refractivity contribution < 1.29 is 0 Å². The zero-order valence-electron chi connectivity index (χ0n) is 8.11. The molecular weight excluding hydrogens is 162 g/mol. The zero-order valence-corrected chi connectivity index (χ0v) is 8.11. The highest BCUT2D eigenvalue weighted by Gasteiger charge is 2.24. The van der Waals surface area contributed by atoms with Gasteiger partial charge >= 0.3 is 0 Å². The minimum Gasteiger partial charge on any atom is -0.332 e. The molecule has 2 rings (SSSR count). The Balaban J connectivity index is 1.98. The summed E-state index contributed by atoms with van der Waals surface area (Å²) in [6.07, 6.45) is 8.69. The van der Waals surface area contributed by atoms with Gasteiger partial charge in [0.25, 0.3) is 0 Å². The third-order valence-corrected chi connectivity index (χ3v) is 2.54. The number of hydrogen-bond donors (Lipinski definition) is 1. The average Bonchev–Trinajstić information content (AvgIpc) is 2.82. The van der Waals surface area contributed by atoms with Gasteiger partial charge in [-0.2, -0.15) is 0 Å². The monoisotopic (exact) mass is 179 g/mol. The summed E-state index contributed by atoms with van der Waals surface area (Å²) in [6, 6.07) is 1.04. The highest BCUT2D eigenvalue weighted by Crippen LogP contribution is 2.35. The van der Waals surface area contributed by atoms with E-state index >= 15 is 0 Å². The molecule has 0 aromatic carbocycles. The van der Waals surface area contributed by atoms with E-state index in [0.29, 0.717) is 6.04 Å². The Morgan fingerprint density at radius 2 is 2.46 bits per heavy atom. The molecule has 1 unspecified atom stereocenters. The Kier molecular flexibility index (Phi) is 2.36. The van der Waals surface area contributed by atoms with Crippen LogP contribution in [0.4, 0.5) is 0 Å². The smallest absolute Gasteiger partial charge is 0.0950 e. The van der Waals surface area contributed by atoms with Crippen molar-refractivity contribution in [1.82, 2.24) is 9.55 Å². The van der Waals surface area contributed by atoms with Gasteiger partial charge < -0.3 is 10.3 Å². The summed E-state index contributed by atoms with van der Waals surface area (Å²) >= 11 is 0. The number of imidazole rings is 1. The Hall–Kier alpha value is -0.830. The summed E-state index contributed by atoms with van der Waals surface area (Å²) in [5, 5.41) is 0. The van der Waals surface area contributed by atoms with Gasteiger partial charge in [0.15, 0.2) is 0 Å². The molecule has 1 heterocycles. The van der Waals surface area contributed by atoms with Gasteiger partial charge in [0, 0.05) is 24.0 Å². The van der Waals surface area contributed by atoms with Crippen molar-refractivity contribution in [1.29, 1.82) is 0 Å². The molecule has 1 atom stereocenters. The Bertz CT molecular complexity index is 273. The summed E-state index contributed by atoms with van der Waals surface area (Å²) in [4.78, 5) is 4.18. The third kappa shape index (κ3) is 2.10. The molecule has 1 aliphatic carbocycles. The second kappa shape index (κ2) is 3.50. The Morgan fingerprint density at radius 1 is 1.69 bits per heavy atom. The molecule has 0 radical (unpaired) electrons. The van der Waals surface area contributed by atoms with Gasteiger partial charge in [0.05, 0.1) is 6.33 Å². The van der Waals surface area contributed by atoms with Crippen LogP contribution in [-0.4, -0.2) is 15.6 Å². The number of aryl methyl sites for hydroxylation is 1. The van der Waals surface area contributed by atoms with Crippen molar-refractivity contribution in [2.45, 2.75) is 44.7 Å². The second-order valence-corrected chi connectivity index (χ2v) is 4.04. The lowest BCUT2D eigenvalue weighted by molar-refractivity contribution is 0.620. The van der Waals surface area contributed by atoms with Gasteiger partial charge in [-0.05, 0) is 32.6 Å². The molecule has 0 spiro atoms. The maximum atomic E-state index is 5.72. The first-order valence-electron chi connectivity index (χ1n) is 5.03. The number of nitrogens with zero attached hydrogens (tertiary/aromatic N) is 2. The quantitative estimate of drug-likeness (QED) is 0.761. The molecule has 13 heavy (non-hydrogen) atoms. The Morgan fingerprint density at radius 3 is 3.08 bits per heavy atom. The summed E-state index contributed by atoms with van der Waals surface area (Å²) in [6.45, 7) is 2.05. The number of aromatic nitrogens is 2. The van der Waals surface area contributed by atoms with Crippen LogP contribution in [0.2, 0.25) is 0 Å². The van der Waals surface area contributed by atoms with Gasteiger partial charge in [-0.1, -0.05) is 0 Å². The molecular formula is C10H17N3. The van der Waals surface area contributed by atoms with Crippen LogP contribution in [0.25, 0.3) is 0 Å². The highest BCUT2D eigenvalue weighted by atomic mass is 15.1. The minimum absolute atomic E-state index is 0.294. The minimum atomic E-state index is 0.294. The van der Waals surface area contributed by atoms with E-state index in [4.69, 9.17) is 5.73 Å². The van der Waals surface area contributed by atoms with E-state index in [9.17, 15) is 0 Å². The van der Waals surface area contributed by atoms with E-state index in [1.165, 1.54) is 18.5 Å². The van der Waals surface area contributed by atoms with Gasteiger partial charge in [0.1, 0.15) is 0 Å². The van der Waals surface area contributed by atoms with Gasteiger partial charge in [-0.25, -0.2) is 4.98 Å². The maximum absolute atomic E-state index is 5.72. The topological polar surface area (TPSA) is 43.8 Å². The molecule has 0 aliphatic heterocycles. The molecule has 2 N–H and O–H groups in total. The standard InChI is InChI=1S/C10H17N3/c1-8(11)2-3-10-6-12-7-13(10)9-4-5-9/h6-9H,2-5,11H2,1H3. The molecule has 0 bridgehead atoms. The summed E-state index contributed by atoms with van der Waals surface area (Å²) in [7, 11) is 0. The van der Waals surface area contributed by atoms with E-state index in [2.05, 4.69) is 16.5 Å². The largest absolute Gasteiger partial charge is 0.332 e. The van der Waals surface area contributed by atoms with Crippen LogP contribution in [-0.2, 0) is 6.42 Å². The molecule has 1 aliphatic rings. The van der Waals surface area contributed by atoms with Crippen LogP contribution in [0, 0.1) is 0 Å². The number of hydrogen-bond acceptors (Lipinski definition) is 2. The molecule has 0 amide bonds. The fourth-order valence-electron chi connectivity index (χ4n) is 1.58. The van der Waals surface area contributed by atoms with Crippen molar-refractivity contribution in [2.24, 2.45) is 5.73 Å². The SMILES string of the molecule is CC(N)CCc1cncn1C1CC1. The molecule has 1 saturated carbocycles. The molecule has 1 aromatic rings. The predicted molar refractivity (Wildman–Crippen MR) is 52.5 cm³/mol. The fraction of sp³-hybridized carbons (Fsp3) is 0.700. The van der Waals surface area contributed by atoms with Crippen LogP contribution >= 0.6 is 0 Å². The maximum Gasteiger partial charge on any atom is 0.0950 e. The number of nitrogens with two attached hydrogens (primary N) is 1. The molecule has 1 fully saturated rings.